The number of nitrogens with zero attached hydrogens (tertiary/aromatic N) is 1. The molecular weight excluding hydrogens is 162 g/mol. The quantitative estimate of drug-likeness (QED) is 0.684. The number of hydrogen-bond acceptors (Lipinski definition) is 4. The maximum Gasteiger partial charge on any atom is 0.0951 e. The highest BCUT2D eigenvalue weighted by Crippen LogP contribution is 2.10. The summed E-state index contributed by atoms with van der Waals surface area (Å²) in [4.78, 5) is 4.19. The van der Waals surface area contributed by atoms with Gasteiger partial charge in [-0.3, -0.25) is 0 Å². The van der Waals surface area contributed by atoms with Crippen LogP contribution in [0.4, 0.5) is 0 Å². The van der Waals surface area contributed by atoms with Gasteiger partial charge < -0.3 is 10.2 Å². The van der Waals surface area contributed by atoms with Gasteiger partial charge in [0.25, 0.3) is 0 Å². The van der Waals surface area contributed by atoms with E-state index in [0.717, 1.165) is 10.7 Å². The molecule has 1 aromatic heterocycles. The molecule has 0 aliphatic heterocycles. The minimum Gasteiger partial charge on any atom is -0.396 e. The summed E-state index contributed by atoms with van der Waals surface area (Å²) in [6.07, 6.45) is 1.23. The van der Waals surface area contributed by atoms with Crippen LogP contribution >= 0.6 is 11.3 Å². The van der Waals surface area contributed by atoms with Crippen LogP contribution in [0.2, 0.25) is 0 Å². The summed E-state index contributed by atoms with van der Waals surface area (Å²) in [5, 5.41) is 20.0. The van der Waals surface area contributed by atoms with Crippen LogP contribution in [0.3, 0.4) is 0 Å². The van der Waals surface area contributed by atoms with Crippen LogP contribution in [0.1, 0.15) is 10.7 Å². The van der Waals surface area contributed by atoms with Crippen molar-refractivity contribution >= 4 is 11.3 Å². The van der Waals surface area contributed by atoms with Gasteiger partial charge in [-0.25, -0.2) is 4.98 Å². The van der Waals surface area contributed by atoms with Gasteiger partial charge in [0, 0.05) is 31.4 Å². The van der Waals surface area contributed by atoms with Crippen LogP contribution < -0.4 is 0 Å². The lowest BCUT2D eigenvalue weighted by Crippen LogP contribution is -1.93. The van der Waals surface area contributed by atoms with Gasteiger partial charge in [-0.05, 0) is 0 Å². The van der Waals surface area contributed by atoms with E-state index in [2.05, 4.69) is 4.98 Å². The second-order valence-electron chi connectivity index (χ2n) is 2.18. The van der Waals surface area contributed by atoms with Gasteiger partial charge in [0.1, 0.15) is 0 Å². The topological polar surface area (TPSA) is 53.4 Å². The number of aromatic nitrogens is 1. The molecule has 4 heteroatoms. The van der Waals surface area contributed by atoms with E-state index >= 15 is 0 Å². The van der Waals surface area contributed by atoms with E-state index < -0.39 is 0 Å². The van der Waals surface area contributed by atoms with Crippen LogP contribution in [0.5, 0.6) is 0 Å². The van der Waals surface area contributed by atoms with Crippen LogP contribution in [0, 0.1) is 0 Å². The molecule has 1 heterocycles. The standard InChI is InChI=1S/C7H11NO2S/c9-3-1-6-5-11-7(8-6)2-4-10/h5,9-10H,1-4H2. The Morgan fingerprint density at radius 3 is 2.64 bits per heavy atom. The molecule has 0 saturated carbocycles. The van der Waals surface area contributed by atoms with Gasteiger partial charge in [0.15, 0.2) is 0 Å². The Hall–Kier alpha value is -0.450. The number of thiazole rings is 1. The summed E-state index contributed by atoms with van der Waals surface area (Å²) in [6.45, 7) is 0.286. The molecule has 1 rings (SSSR count). The Morgan fingerprint density at radius 1 is 1.27 bits per heavy atom. The van der Waals surface area contributed by atoms with Crippen molar-refractivity contribution in [3.8, 4) is 0 Å². The lowest BCUT2D eigenvalue weighted by Gasteiger charge is -1.89. The zero-order valence-electron chi connectivity index (χ0n) is 6.16. The molecular formula is C7H11NO2S. The van der Waals surface area contributed by atoms with Gasteiger partial charge in [-0.1, -0.05) is 0 Å². The van der Waals surface area contributed by atoms with Crippen LogP contribution in [0.15, 0.2) is 5.38 Å². The molecule has 0 amide bonds. The third-order valence-corrected chi connectivity index (χ3v) is 2.25. The molecule has 0 unspecified atom stereocenters. The number of hydrogen-bond donors (Lipinski definition) is 2. The molecule has 0 spiro atoms. The number of aliphatic hydroxyl groups is 2. The van der Waals surface area contributed by atoms with Crippen molar-refractivity contribution in [2.75, 3.05) is 13.2 Å². The van der Waals surface area contributed by atoms with Crippen LogP contribution in [-0.4, -0.2) is 28.4 Å². The predicted octanol–water partition coefficient (Wildman–Crippen LogP) is 0.213. The van der Waals surface area contributed by atoms with E-state index in [-0.39, 0.29) is 13.2 Å². The highest BCUT2D eigenvalue weighted by Gasteiger charge is 1.99. The zero-order chi connectivity index (χ0) is 8.10. The molecule has 2 N–H and O–H groups in total. The van der Waals surface area contributed by atoms with Gasteiger partial charge in [-0.15, -0.1) is 11.3 Å². The van der Waals surface area contributed by atoms with Crippen LogP contribution in [-0.2, 0) is 12.8 Å². The highest BCUT2D eigenvalue weighted by molar-refractivity contribution is 7.09. The fraction of sp³-hybridized carbons (Fsp3) is 0.571. The Kier molecular flexibility index (Phi) is 3.48. The zero-order valence-corrected chi connectivity index (χ0v) is 6.97. The molecule has 62 valence electrons. The first kappa shape index (κ1) is 8.64. The molecule has 0 aliphatic rings. The van der Waals surface area contributed by atoms with Crippen molar-refractivity contribution in [3.63, 3.8) is 0 Å². The lowest BCUT2D eigenvalue weighted by atomic mass is 10.3. The first-order valence-electron chi connectivity index (χ1n) is 3.52. The van der Waals surface area contributed by atoms with E-state index in [4.69, 9.17) is 10.2 Å². The van der Waals surface area contributed by atoms with Crippen molar-refractivity contribution in [1.29, 1.82) is 0 Å². The minimum absolute atomic E-state index is 0.141. The molecule has 11 heavy (non-hydrogen) atoms. The Bertz CT molecular complexity index is 191. The summed E-state index contributed by atoms with van der Waals surface area (Å²) in [7, 11) is 0. The summed E-state index contributed by atoms with van der Waals surface area (Å²) < 4.78 is 0. The second kappa shape index (κ2) is 4.43. The first-order chi connectivity index (χ1) is 5.36. The third-order valence-electron chi connectivity index (χ3n) is 1.29. The molecule has 0 fully saturated rings. The molecule has 0 radical (unpaired) electrons. The Balaban J connectivity index is 2.51. The molecule has 0 aromatic carbocycles. The lowest BCUT2D eigenvalue weighted by molar-refractivity contribution is 0.296. The van der Waals surface area contributed by atoms with E-state index in [9.17, 15) is 0 Å². The van der Waals surface area contributed by atoms with Crippen molar-refractivity contribution < 1.29 is 10.2 Å². The van der Waals surface area contributed by atoms with Gasteiger partial charge in [-0.2, -0.15) is 0 Å². The maximum absolute atomic E-state index is 8.58. The molecule has 1 aromatic rings. The Labute approximate surface area is 69.3 Å². The largest absolute Gasteiger partial charge is 0.396 e. The molecule has 0 saturated heterocycles. The van der Waals surface area contributed by atoms with E-state index in [0.29, 0.717) is 12.8 Å². The number of aliphatic hydroxyl groups excluding tert-OH is 2. The summed E-state index contributed by atoms with van der Waals surface area (Å²) in [6, 6.07) is 0. The predicted molar refractivity (Wildman–Crippen MR) is 43.7 cm³/mol. The monoisotopic (exact) mass is 173 g/mol. The van der Waals surface area contributed by atoms with E-state index in [1.807, 2.05) is 5.38 Å². The summed E-state index contributed by atoms with van der Waals surface area (Å²) in [5.41, 5.74) is 0.918. The first-order valence-corrected chi connectivity index (χ1v) is 4.39. The molecule has 0 aliphatic carbocycles. The van der Waals surface area contributed by atoms with Gasteiger partial charge in [0.2, 0.25) is 0 Å². The fourth-order valence-electron chi connectivity index (χ4n) is 0.789. The van der Waals surface area contributed by atoms with Crippen molar-refractivity contribution in [3.05, 3.63) is 16.1 Å². The third kappa shape index (κ3) is 2.57. The normalized spacial score (nSPS) is 10.4. The number of rotatable bonds is 4. The van der Waals surface area contributed by atoms with E-state index in [1.54, 1.807) is 0 Å². The van der Waals surface area contributed by atoms with E-state index in [1.165, 1.54) is 11.3 Å². The second-order valence-corrected chi connectivity index (χ2v) is 3.12. The minimum atomic E-state index is 0.141. The van der Waals surface area contributed by atoms with Gasteiger partial charge in [0.05, 0.1) is 10.7 Å². The molecule has 0 bridgehead atoms. The SMILES string of the molecule is OCCc1csc(CCO)n1. The van der Waals surface area contributed by atoms with Crippen LogP contribution in [0.25, 0.3) is 0 Å². The van der Waals surface area contributed by atoms with Crippen molar-refractivity contribution in [2.45, 2.75) is 12.8 Å². The maximum atomic E-state index is 8.58. The molecule has 0 atom stereocenters. The van der Waals surface area contributed by atoms with Gasteiger partial charge >= 0.3 is 0 Å². The average molecular weight is 173 g/mol. The Morgan fingerprint density at radius 2 is 2.00 bits per heavy atom. The summed E-state index contributed by atoms with van der Waals surface area (Å²) >= 11 is 1.53. The smallest absolute Gasteiger partial charge is 0.0951 e. The highest BCUT2D eigenvalue weighted by atomic mass is 32.1. The fourth-order valence-corrected chi connectivity index (χ4v) is 1.61. The average Bonchev–Trinajstić information content (AvgIpc) is 2.38. The summed E-state index contributed by atoms with van der Waals surface area (Å²) in [5.74, 6) is 0. The molecule has 3 nitrogen and oxygen atoms in total. The van der Waals surface area contributed by atoms with Crippen molar-refractivity contribution in [1.82, 2.24) is 4.98 Å². The van der Waals surface area contributed by atoms with Crippen molar-refractivity contribution in [2.24, 2.45) is 0 Å².